The fraction of sp³-hybridized carbons (Fsp3) is 0.120. The zero-order valence-corrected chi connectivity index (χ0v) is 45.2. The van der Waals surface area contributed by atoms with Crippen molar-refractivity contribution < 1.29 is 8.83 Å². The predicted molar refractivity (Wildman–Crippen MR) is 335 cm³/mol. The molecule has 4 aliphatic heterocycles. The molecular formula is C75H54BN3O2. The van der Waals surface area contributed by atoms with Gasteiger partial charge in [-0.2, -0.15) is 0 Å². The molecule has 1 aliphatic carbocycles. The van der Waals surface area contributed by atoms with Crippen LogP contribution in [0.25, 0.3) is 55.0 Å². The molecule has 0 radical (unpaired) electrons. The molecule has 18 rings (SSSR count). The Morgan fingerprint density at radius 1 is 0.358 bits per heavy atom. The van der Waals surface area contributed by atoms with Crippen molar-refractivity contribution in [2.75, 3.05) is 14.7 Å². The van der Waals surface area contributed by atoms with E-state index < -0.39 is 5.41 Å². The molecule has 5 nitrogen and oxygen atoms in total. The molecule has 6 heterocycles. The first-order valence-corrected chi connectivity index (χ1v) is 28.9. The van der Waals surface area contributed by atoms with Gasteiger partial charge < -0.3 is 23.5 Å². The van der Waals surface area contributed by atoms with Gasteiger partial charge in [0.15, 0.2) is 0 Å². The quantitative estimate of drug-likeness (QED) is 0.155. The van der Waals surface area contributed by atoms with E-state index in [0.29, 0.717) is 0 Å². The highest BCUT2D eigenvalue weighted by molar-refractivity contribution is 7.01. The lowest BCUT2D eigenvalue weighted by Gasteiger charge is -2.53. The van der Waals surface area contributed by atoms with Crippen molar-refractivity contribution in [1.29, 1.82) is 0 Å². The van der Waals surface area contributed by atoms with Crippen molar-refractivity contribution in [3.63, 3.8) is 0 Å². The van der Waals surface area contributed by atoms with Gasteiger partial charge in [0.1, 0.15) is 22.3 Å². The molecule has 2 atom stereocenters. The molecule has 384 valence electrons. The van der Waals surface area contributed by atoms with Crippen molar-refractivity contribution in [3.8, 4) is 11.1 Å². The Balaban J connectivity index is 0.983. The van der Waals surface area contributed by atoms with Crippen molar-refractivity contribution in [1.82, 2.24) is 0 Å². The topological polar surface area (TPSA) is 36.0 Å². The Hall–Kier alpha value is -9.52. The van der Waals surface area contributed by atoms with Crippen LogP contribution in [0.5, 0.6) is 0 Å². The minimum atomic E-state index is -0.675. The van der Waals surface area contributed by atoms with Crippen LogP contribution in [0.15, 0.2) is 251 Å². The normalized spacial score (nSPS) is 18.9. The number of anilines is 8. The lowest BCUT2D eigenvalue weighted by Crippen LogP contribution is -2.68. The summed E-state index contributed by atoms with van der Waals surface area (Å²) in [6.07, 6.45) is 4.57. The number of rotatable bonds is 6. The number of para-hydroxylation sites is 2. The van der Waals surface area contributed by atoms with Gasteiger partial charge in [0.05, 0.1) is 11.0 Å². The SMILES string of the molecule is CC12CCCCC1(C)N(c1cc3c4c(c1)N(c1ccc5c(c1)oc1ccccc15)c1cccc5c1B4c1c(cccc1C5(c1ccccc1)c1ccccc1)N3c1ccc3c(c1)oc1ccccc13)c1ccc(-c3ccccc3)cc12. The first-order chi connectivity index (χ1) is 39.9. The second-order valence-electron chi connectivity index (χ2n) is 23.8. The Morgan fingerprint density at radius 3 is 1.43 bits per heavy atom. The largest absolute Gasteiger partial charge is 0.456 e. The standard InChI is InChI=1S/C75H54BN3O2/c1-73-40-16-17-41-74(73,2)79(61-39-34-48(42-60(61)73)47-20-6-3-7-21-47)53-43-64-72-65(44-53)78(52-36-38-57-55-27-13-15-33-67(55)81-69(57)46-52)63-31-19-29-59-71(63)76(72)70-58(75(59,49-22-8-4-9-23-49)50-24-10-5-11-25-50)28-18-30-62(70)77(64)51-35-37-56-54-26-12-14-32-66(54)80-68(56)45-51/h3-15,18-39,42-46H,16-17,40-41H2,1-2H3. The van der Waals surface area contributed by atoms with Gasteiger partial charge in [0, 0.05) is 84.6 Å². The van der Waals surface area contributed by atoms with Gasteiger partial charge in [-0.3, -0.25) is 0 Å². The number of furan rings is 2. The number of benzene rings is 11. The average molecular weight is 1040 g/mol. The van der Waals surface area contributed by atoms with Gasteiger partial charge in [-0.15, -0.1) is 0 Å². The summed E-state index contributed by atoms with van der Waals surface area (Å²) in [4.78, 5) is 7.98. The van der Waals surface area contributed by atoms with Crippen molar-refractivity contribution in [2.45, 2.75) is 55.9 Å². The molecule has 11 aromatic carbocycles. The third-order valence-corrected chi connectivity index (χ3v) is 20.0. The lowest BCUT2D eigenvalue weighted by atomic mass is 9.28. The Morgan fingerprint density at radius 2 is 0.864 bits per heavy atom. The highest BCUT2D eigenvalue weighted by atomic mass is 16.3. The molecule has 5 aliphatic rings. The van der Waals surface area contributed by atoms with Crippen LogP contribution in [0, 0.1) is 0 Å². The first-order valence-electron chi connectivity index (χ1n) is 28.9. The number of hydrogen-bond donors (Lipinski definition) is 0. The maximum absolute atomic E-state index is 6.81. The third-order valence-electron chi connectivity index (χ3n) is 20.0. The molecule has 0 saturated heterocycles. The fourth-order valence-electron chi connectivity index (χ4n) is 16.4. The van der Waals surface area contributed by atoms with E-state index in [-0.39, 0.29) is 17.7 Å². The minimum Gasteiger partial charge on any atom is -0.456 e. The number of hydrogen-bond acceptors (Lipinski definition) is 5. The van der Waals surface area contributed by atoms with Gasteiger partial charge in [-0.1, -0.05) is 177 Å². The molecule has 1 saturated carbocycles. The Bertz CT molecular complexity index is 4560. The summed E-state index contributed by atoms with van der Waals surface area (Å²) in [6.45, 7) is 5.03. The van der Waals surface area contributed by atoms with Gasteiger partial charge >= 0.3 is 0 Å². The zero-order chi connectivity index (χ0) is 53.3. The van der Waals surface area contributed by atoms with Crippen LogP contribution in [0.3, 0.4) is 0 Å². The number of fused-ring (bicyclic) bond motifs is 9. The molecule has 2 unspecified atom stereocenters. The summed E-state index contributed by atoms with van der Waals surface area (Å²) in [5.74, 6) is 0. The predicted octanol–water partition coefficient (Wildman–Crippen LogP) is 17.7. The maximum atomic E-state index is 6.81. The molecule has 0 spiro atoms. The molecule has 0 N–H and O–H groups in total. The number of nitrogens with zero attached hydrogens (tertiary/aromatic N) is 3. The molecular weight excluding hydrogens is 986 g/mol. The van der Waals surface area contributed by atoms with E-state index in [2.05, 4.69) is 271 Å². The zero-order valence-electron chi connectivity index (χ0n) is 45.2. The first kappa shape index (κ1) is 45.4. The Labute approximate surface area is 471 Å². The van der Waals surface area contributed by atoms with Crippen LogP contribution in [0.4, 0.5) is 45.5 Å². The lowest BCUT2D eigenvalue weighted by molar-refractivity contribution is 0.195. The smallest absolute Gasteiger partial charge is 0.253 e. The summed E-state index contributed by atoms with van der Waals surface area (Å²) in [6, 6.07) is 90.9. The highest BCUT2D eigenvalue weighted by Gasteiger charge is 2.59. The van der Waals surface area contributed by atoms with E-state index in [4.69, 9.17) is 8.83 Å². The van der Waals surface area contributed by atoms with Gasteiger partial charge in [0.25, 0.3) is 6.71 Å². The van der Waals surface area contributed by atoms with Crippen molar-refractivity contribution >= 4 is 112 Å². The van der Waals surface area contributed by atoms with E-state index in [9.17, 15) is 0 Å². The molecule has 1 fully saturated rings. The summed E-state index contributed by atoms with van der Waals surface area (Å²) in [5, 5.41) is 4.47. The summed E-state index contributed by atoms with van der Waals surface area (Å²) < 4.78 is 13.6. The van der Waals surface area contributed by atoms with Crippen molar-refractivity contribution in [2.24, 2.45) is 0 Å². The van der Waals surface area contributed by atoms with Crippen LogP contribution in [-0.2, 0) is 10.8 Å². The average Bonchev–Trinajstić information content (AvgIpc) is 4.07. The van der Waals surface area contributed by atoms with Crippen LogP contribution in [0.2, 0.25) is 0 Å². The second kappa shape index (κ2) is 16.3. The van der Waals surface area contributed by atoms with Gasteiger partial charge in [-0.05, 0) is 148 Å². The fourth-order valence-corrected chi connectivity index (χ4v) is 16.4. The summed E-state index contributed by atoms with van der Waals surface area (Å²) in [5.41, 5.74) is 24.8. The summed E-state index contributed by atoms with van der Waals surface area (Å²) >= 11 is 0. The Kier molecular flexibility index (Phi) is 9.13. The van der Waals surface area contributed by atoms with Crippen LogP contribution >= 0.6 is 0 Å². The maximum Gasteiger partial charge on any atom is 0.253 e. The minimum absolute atomic E-state index is 0.103. The second-order valence-corrected chi connectivity index (χ2v) is 23.8. The van der Waals surface area contributed by atoms with Gasteiger partial charge in [-0.25, -0.2) is 0 Å². The van der Waals surface area contributed by atoms with Crippen LogP contribution in [-0.4, -0.2) is 12.3 Å². The van der Waals surface area contributed by atoms with E-state index in [1.165, 1.54) is 102 Å². The van der Waals surface area contributed by atoms with E-state index in [0.717, 1.165) is 68.1 Å². The summed E-state index contributed by atoms with van der Waals surface area (Å²) in [7, 11) is 0. The third kappa shape index (κ3) is 5.86. The molecule has 13 aromatic rings. The van der Waals surface area contributed by atoms with E-state index in [1.54, 1.807) is 0 Å². The van der Waals surface area contributed by atoms with Gasteiger partial charge in [0.2, 0.25) is 0 Å². The monoisotopic (exact) mass is 1040 g/mol. The van der Waals surface area contributed by atoms with Crippen LogP contribution < -0.4 is 31.1 Å². The molecule has 81 heavy (non-hydrogen) atoms. The van der Waals surface area contributed by atoms with E-state index in [1.807, 2.05) is 0 Å². The molecule has 6 heteroatoms. The molecule has 2 aromatic heterocycles. The molecule has 0 amide bonds. The highest BCUT2D eigenvalue weighted by Crippen LogP contribution is 2.63. The van der Waals surface area contributed by atoms with Crippen molar-refractivity contribution in [3.05, 3.63) is 270 Å². The van der Waals surface area contributed by atoms with E-state index >= 15 is 0 Å². The van der Waals surface area contributed by atoms with Crippen LogP contribution in [0.1, 0.15) is 67.3 Å². The molecule has 0 bridgehead atoms.